The molecule has 2 bridgehead atoms. The lowest BCUT2D eigenvalue weighted by Gasteiger charge is -2.59. The van der Waals surface area contributed by atoms with Crippen LogP contribution in [0.2, 0.25) is 0 Å². The first-order valence-corrected chi connectivity index (χ1v) is 6.73. The molecule has 0 aliphatic heterocycles. The van der Waals surface area contributed by atoms with Crippen molar-refractivity contribution in [1.82, 2.24) is 0 Å². The minimum Gasteiger partial charge on any atom is -0.508 e. The molecule has 3 fully saturated rings. The van der Waals surface area contributed by atoms with Gasteiger partial charge in [-0.2, -0.15) is 0 Å². The van der Waals surface area contributed by atoms with E-state index >= 15 is 0 Å². The maximum Gasteiger partial charge on any atom is 0.137 e. The zero-order valence-corrected chi connectivity index (χ0v) is 11.2. The van der Waals surface area contributed by atoms with Crippen LogP contribution in [0, 0.1) is 24.2 Å². The fourth-order valence-electron chi connectivity index (χ4n) is 3.98. The van der Waals surface area contributed by atoms with Crippen LogP contribution in [0.15, 0.2) is 18.2 Å². The predicted octanol–water partition coefficient (Wildman–Crippen LogP) is 3.42. The second-order valence-corrected chi connectivity index (χ2v) is 6.56. The van der Waals surface area contributed by atoms with E-state index in [0.717, 1.165) is 17.5 Å². The van der Waals surface area contributed by atoms with Crippen molar-refractivity contribution in [2.45, 2.75) is 39.5 Å². The number of benzene rings is 1. The number of ketones is 1. The molecule has 1 N–H and O–H groups in total. The predicted molar refractivity (Wildman–Crippen MR) is 70.6 cm³/mol. The molecule has 3 aliphatic rings. The Bertz CT molecular complexity index is 516. The summed E-state index contributed by atoms with van der Waals surface area (Å²) >= 11 is 0. The second kappa shape index (κ2) is 3.59. The number of rotatable bonds is 1. The zero-order valence-electron chi connectivity index (χ0n) is 11.2. The van der Waals surface area contributed by atoms with Crippen molar-refractivity contribution in [3.05, 3.63) is 29.3 Å². The van der Waals surface area contributed by atoms with Crippen LogP contribution in [-0.4, -0.2) is 10.9 Å². The van der Waals surface area contributed by atoms with Crippen molar-refractivity contribution in [3.8, 4) is 5.75 Å². The SMILES string of the molecule is Cc1ccc([C@H]2CC(=O)C3CC2C3(C)C)c(O)c1. The minimum atomic E-state index is 0.108. The first-order chi connectivity index (χ1) is 8.41. The smallest absolute Gasteiger partial charge is 0.137 e. The molecular formula is C16H20O2. The van der Waals surface area contributed by atoms with Crippen LogP contribution in [0.1, 0.15) is 43.7 Å². The molecule has 0 heterocycles. The van der Waals surface area contributed by atoms with E-state index in [2.05, 4.69) is 13.8 Å². The van der Waals surface area contributed by atoms with Crippen LogP contribution in [-0.2, 0) is 4.79 Å². The first-order valence-electron chi connectivity index (χ1n) is 6.73. The number of phenolic OH excluding ortho intramolecular Hbond substituents is 1. The highest BCUT2D eigenvalue weighted by Gasteiger charge is 2.58. The lowest BCUT2D eigenvalue weighted by atomic mass is 9.44. The van der Waals surface area contributed by atoms with Gasteiger partial charge < -0.3 is 5.11 Å². The summed E-state index contributed by atoms with van der Waals surface area (Å²) in [6.45, 7) is 6.36. The van der Waals surface area contributed by atoms with Gasteiger partial charge >= 0.3 is 0 Å². The highest BCUT2D eigenvalue weighted by molar-refractivity contribution is 5.86. The normalized spacial score (nSPS) is 33.1. The van der Waals surface area contributed by atoms with Crippen LogP contribution in [0.25, 0.3) is 0 Å². The maximum atomic E-state index is 12.1. The van der Waals surface area contributed by atoms with Gasteiger partial charge in [-0.25, -0.2) is 0 Å². The fourth-order valence-corrected chi connectivity index (χ4v) is 3.98. The van der Waals surface area contributed by atoms with E-state index in [0.29, 0.717) is 23.9 Å². The van der Waals surface area contributed by atoms with Gasteiger partial charge in [0, 0.05) is 12.3 Å². The Labute approximate surface area is 108 Å². The molecule has 0 saturated heterocycles. The summed E-state index contributed by atoms with van der Waals surface area (Å²) in [5.74, 6) is 1.74. The third kappa shape index (κ3) is 1.44. The molecule has 18 heavy (non-hydrogen) atoms. The van der Waals surface area contributed by atoms with E-state index in [1.807, 2.05) is 19.1 Å². The maximum absolute atomic E-state index is 12.1. The van der Waals surface area contributed by atoms with E-state index in [9.17, 15) is 9.90 Å². The van der Waals surface area contributed by atoms with Crippen LogP contribution in [0.3, 0.4) is 0 Å². The molecule has 1 aromatic rings. The molecule has 1 aromatic carbocycles. The van der Waals surface area contributed by atoms with E-state index in [4.69, 9.17) is 0 Å². The highest BCUT2D eigenvalue weighted by Crippen LogP contribution is 2.63. The molecule has 0 aromatic heterocycles. The van der Waals surface area contributed by atoms with Gasteiger partial charge in [0.1, 0.15) is 11.5 Å². The molecule has 3 atom stereocenters. The van der Waals surface area contributed by atoms with Gasteiger partial charge in [-0.05, 0) is 47.8 Å². The van der Waals surface area contributed by atoms with Crippen molar-refractivity contribution in [2.24, 2.45) is 17.3 Å². The Morgan fingerprint density at radius 3 is 2.61 bits per heavy atom. The Kier molecular flexibility index (Phi) is 2.35. The Morgan fingerprint density at radius 1 is 1.33 bits per heavy atom. The molecule has 3 saturated carbocycles. The zero-order chi connectivity index (χ0) is 13.1. The van der Waals surface area contributed by atoms with Crippen LogP contribution < -0.4 is 0 Å². The molecule has 3 aliphatic carbocycles. The second-order valence-electron chi connectivity index (χ2n) is 6.56. The number of hydrogen-bond donors (Lipinski definition) is 1. The molecule has 0 radical (unpaired) electrons. The standard InChI is InChI=1S/C16H20O2/c1-9-4-5-10(14(17)6-9)11-7-15(18)13-8-12(11)16(13,2)3/h4-6,11-13,17H,7-8H2,1-3H3/t11-,12?,13?/m1/s1. The van der Waals surface area contributed by atoms with Crippen LogP contribution >= 0.6 is 0 Å². The number of hydrogen-bond acceptors (Lipinski definition) is 2. The van der Waals surface area contributed by atoms with E-state index in [1.54, 1.807) is 6.07 Å². The largest absolute Gasteiger partial charge is 0.508 e. The third-order valence-corrected chi connectivity index (χ3v) is 5.22. The van der Waals surface area contributed by atoms with Crippen LogP contribution in [0.5, 0.6) is 5.75 Å². The van der Waals surface area contributed by atoms with E-state index in [-0.39, 0.29) is 17.3 Å². The average Bonchev–Trinajstić information content (AvgIpc) is 2.27. The van der Waals surface area contributed by atoms with Crippen molar-refractivity contribution in [1.29, 1.82) is 0 Å². The molecule has 0 spiro atoms. The average molecular weight is 244 g/mol. The highest BCUT2D eigenvalue weighted by atomic mass is 16.3. The number of fused-ring (bicyclic) bond motifs is 2. The fraction of sp³-hybridized carbons (Fsp3) is 0.562. The molecule has 4 rings (SSSR count). The number of carbonyl (C=O) groups is 1. The lowest BCUT2D eigenvalue weighted by Crippen LogP contribution is -2.56. The quantitative estimate of drug-likeness (QED) is 0.822. The van der Waals surface area contributed by atoms with Crippen molar-refractivity contribution >= 4 is 5.78 Å². The summed E-state index contributed by atoms with van der Waals surface area (Å²) in [6, 6.07) is 5.83. The van der Waals surface area contributed by atoms with E-state index in [1.165, 1.54) is 0 Å². The Morgan fingerprint density at radius 2 is 2.06 bits per heavy atom. The minimum absolute atomic E-state index is 0.108. The van der Waals surface area contributed by atoms with Gasteiger partial charge in [0.15, 0.2) is 0 Å². The Balaban J connectivity index is 1.99. The Hall–Kier alpha value is -1.31. The summed E-state index contributed by atoms with van der Waals surface area (Å²) in [7, 11) is 0. The van der Waals surface area contributed by atoms with E-state index < -0.39 is 0 Å². The van der Waals surface area contributed by atoms with Gasteiger partial charge in [0.25, 0.3) is 0 Å². The summed E-state index contributed by atoms with van der Waals surface area (Å²) in [4.78, 5) is 12.1. The van der Waals surface area contributed by atoms with Crippen molar-refractivity contribution < 1.29 is 9.90 Å². The number of phenols is 1. The van der Waals surface area contributed by atoms with Gasteiger partial charge in [-0.15, -0.1) is 0 Å². The van der Waals surface area contributed by atoms with Crippen LogP contribution in [0.4, 0.5) is 0 Å². The molecule has 96 valence electrons. The molecule has 2 heteroatoms. The summed E-state index contributed by atoms with van der Waals surface area (Å²) < 4.78 is 0. The number of carbonyl (C=O) groups excluding carboxylic acids is 1. The number of aryl methyl sites for hydroxylation is 1. The van der Waals surface area contributed by atoms with Crippen molar-refractivity contribution in [3.63, 3.8) is 0 Å². The summed E-state index contributed by atoms with van der Waals surface area (Å²) in [5.41, 5.74) is 2.13. The summed E-state index contributed by atoms with van der Waals surface area (Å²) in [6.07, 6.45) is 1.61. The monoisotopic (exact) mass is 244 g/mol. The lowest BCUT2D eigenvalue weighted by molar-refractivity contribution is -0.151. The van der Waals surface area contributed by atoms with Gasteiger partial charge in [-0.1, -0.05) is 26.0 Å². The van der Waals surface area contributed by atoms with Gasteiger partial charge in [0.2, 0.25) is 0 Å². The first kappa shape index (κ1) is 11.8. The molecule has 2 unspecified atom stereocenters. The molecular weight excluding hydrogens is 224 g/mol. The number of Topliss-reactive ketones (excluding diaryl/α,β-unsaturated/α-hetero) is 1. The van der Waals surface area contributed by atoms with Gasteiger partial charge in [-0.3, -0.25) is 4.79 Å². The summed E-state index contributed by atoms with van der Waals surface area (Å²) in [5, 5.41) is 10.1. The topological polar surface area (TPSA) is 37.3 Å². The molecule has 2 nitrogen and oxygen atoms in total. The van der Waals surface area contributed by atoms with Gasteiger partial charge in [0.05, 0.1) is 0 Å². The molecule has 0 amide bonds. The number of aromatic hydroxyl groups is 1. The third-order valence-electron chi connectivity index (χ3n) is 5.22. The van der Waals surface area contributed by atoms with Crippen molar-refractivity contribution in [2.75, 3.05) is 0 Å².